The largest absolute Gasteiger partial charge is 0.384 e. The summed E-state index contributed by atoms with van der Waals surface area (Å²) in [6.45, 7) is 3.99. The number of carbonyl (C=O) groups is 1. The van der Waals surface area contributed by atoms with Gasteiger partial charge in [0.1, 0.15) is 17.5 Å². The van der Waals surface area contributed by atoms with Crippen LogP contribution in [-0.2, 0) is 9.53 Å². The number of aromatic nitrogens is 1. The van der Waals surface area contributed by atoms with Crippen molar-refractivity contribution in [3.8, 4) is 0 Å². The smallest absolute Gasteiger partial charge is 0.260 e. The molecule has 2 N–H and O–H groups in total. The van der Waals surface area contributed by atoms with Gasteiger partial charge in [0.2, 0.25) is 0 Å². The molecule has 4 rings (SSSR count). The van der Waals surface area contributed by atoms with Crippen molar-refractivity contribution in [2.75, 3.05) is 39.0 Å². The Kier molecular flexibility index (Phi) is 6.97. The summed E-state index contributed by atoms with van der Waals surface area (Å²) in [5, 5.41) is -0.374. The minimum Gasteiger partial charge on any atom is -0.384 e. The monoisotopic (exact) mass is 489 g/mol. The Bertz CT molecular complexity index is 1130. The number of nitrogens with zero attached hydrogens (tertiary/aromatic N) is 4. The summed E-state index contributed by atoms with van der Waals surface area (Å²) >= 11 is 6.08. The lowest BCUT2D eigenvalue weighted by Gasteiger charge is -2.41. The average Bonchev–Trinajstić information content (AvgIpc) is 2.82. The number of piperazine rings is 1. The zero-order valence-electron chi connectivity index (χ0n) is 19.0. The van der Waals surface area contributed by atoms with Gasteiger partial charge in [-0.1, -0.05) is 11.6 Å². The lowest BCUT2D eigenvalue weighted by atomic mass is 9.88. The Labute approximate surface area is 201 Å². The van der Waals surface area contributed by atoms with Crippen LogP contribution in [0.1, 0.15) is 30.6 Å². The van der Waals surface area contributed by atoms with Crippen LogP contribution in [0.25, 0.3) is 5.57 Å². The number of benzene rings is 1. The van der Waals surface area contributed by atoms with E-state index >= 15 is 0 Å². The molecule has 180 valence electrons. The van der Waals surface area contributed by atoms with Crippen LogP contribution in [0.4, 0.5) is 14.6 Å². The predicted octanol–water partition coefficient (Wildman–Crippen LogP) is 3.70. The first-order chi connectivity index (χ1) is 16.2. The number of carbonyl (C=O) groups excluding carboxylic acids is 1. The lowest BCUT2D eigenvalue weighted by Crippen LogP contribution is -2.57. The van der Waals surface area contributed by atoms with Gasteiger partial charge in [0, 0.05) is 56.8 Å². The molecule has 2 atom stereocenters. The molecule has 1 aromatic heterocycles. The number of nitrogens with two attached hydrogens (primary N) is 1. The van der Waals surface area contributed by atoms with E-state index in [1.807, 2.05) is 7.05 Å². The van der Waals surface area contributed by atoms with Crippen molar-refractivity contribution in [3.63, 3.8) is 0 Å². The van der Waals surface area contributed by atoms with Crippen LogP contribution in [0.3, 0.4) is 0 Å². The molecular weight excluding hydrogens is 464 g/mol. The van der Waals surface area contributed by atoms with Crippen LogP contribution in [0.2, 0.25) is 5.02 Å². The molecular formula is C24H26ClF2N5O2. The number of anilines is 1. The van der Waals surface area contributed by atoms with E-state index in [2.05, 4.69) is 14.9 Å². The van der Waals surface area contributed by atoms with E-state index in [9.17, 15) is 13.6 Å². The molecule has 7 nitrogen and oxygen atoms in total. The number of ether oxygens (including phenoxy) is 1. The Morgan fingerprint density at radius 3 is 2.56 bits per heavy atom. The van der Waals surface area contributed by atoms with Gasteiger partial charge in [-0.05, 0) is 49.4 Å². The predicted molar refractivity (Wildman–Crippen MR) is 127 cm³/mol. The van der Waals surface area contributed by atoms with Crippen molar-refractivity contribution in [1.82, 2.24) is 14.8 Å². The van der Waals surface area contributed by atoms with Gasteiger partial charge in [-0.2, -0.15) is 0 Å². The summed E-state index contributed by atoms with van der Waals surface area (Å²) in [6, 6.07) is 5.39. The Morgan fingerprint density at radius 1 is 1.18 bits per heavy atom. The Balaban J connectivity index is 1.70. The molecule has 1 fully saturated rings. The molecule has 2 unspecified atom stereocenters. The van der Waals surface area contributed by atoms with Crippen LogP contribution in [-0.4, -0.2) is 65.7 Å². The summed E-state index contributed by atoms with van der Waals surface area (Å²) in [4.78, 5) is 26.1. The lowest BCUT2D eigenvalue weighted by molar-refractivity contribution is -0.155. The number of nitrogen functional groups attached to an aromatic ring is 1. The zero-order chi connectivity index (χ0) is 24.5. The van der Waals surface area contributed by atoms with Crippen molar-refractivity contribution >= 4 is 35.1 Å². The van der Waals surface area contributed by atoms with Crippen LogP contribution >= 0.6 is 11.6 Å². The topological polar surface area (TPSA) is 84.0 Å². The van der Waals surface area contributed by atoms with E-state index in [-0.39, 0.29) is 22.9 Å². The van der Waals surface area contributed by atoms with Crippen molar-refractivity contribution < 1.29 is 18.3 Å². The molecule has 34 heavy (non-hydrogen) atoms. The fourth-order valence-corrected chi connectivity index (χ4v) is 4.52. The fourth-order valence-electron chi connectivity index (χ4n) is 4.21. The van der Waals surface area contributed by atoms with Crippen molar-refractivity contribution in [2.24, 2.45) is 4.99 Å². The molecule has 3 heterocycles. The van der Waals surface area contributed by atoms with E-state index < -0.39 is 23.3 Å². The third-order valence-corrected chi connectivity index (χ3v) is 6.53. The maximum absolute atomic E-state index is 14.6. The standard InChI is InChI=1S/C24H26ClF2N5O2/c1-15(21-18(26)4-5-19(27)22(21)25)34-24(23(33)32-9-7-31(2)8-10-32)11-17(12-29-14-24)16-3-6-20(28)30-13-16/h3-6,12-15H,7-11H2,1-2H3,(H2,28,30). The zero-order valence-corrected chi connectivity index (χ0v) is 19.7. The number of rotatable bonds is 5. The van der Waals surface area contributed by atoms with Crippen LogP contribution < -0.4 is 5.73 Å². The maximum atomic E-state index is 14.6. The first kappa shape index (κ1) is 24.3. The number of hydrogen-bond acceptors (Lipinski definition) is 6. The van der Waals surface area contributed by atoms with Gasteiger partial charge >= 0.3 is 0 Å². The van der Waals surface area contributed by atoms with Gasteiger partial charge in [-0.25, -0.2) is 13.8 Å². The molecule has 1 amide bonds. The minimum atomic E-state index is -1.54. The molecule has 0 saturated carbocycles. The van der Waals surface area contributed by atoms with E-state index in [0.717, 1.165) is 17.7 Å². The molecule has 0 bridgehead atoms. The summed E-state index contributed by atoms with van der Waals surface area (Å²) < 4.78 is 35.0. The van der Waals surface area contributed by atoms with E-state index in [1.54, 1.807) is 36.4 Å². The summed E-state index contributed by atoms with van der Waals surface area (Å²) in [7, 11) is 1.99. The number of amides is 1. The second-order valence-electron chi connectivity index (χ2n) is 8.58. The highest BCUT2D eigenvalue weighted by molar-refractivity contribution is 6.31. The Hall–Kier alpha value is -2.88. The van der Waals surface area contributed by atoms with Crippen molar-refractivity contribution in [3.05, 3.63) is 64.4 Å². The molecule has 0 spiro atoms. The first-order valence-corrected chi connectivity index (χ1v) is 11.3. The second kappa shape index (κ2) is 9.77. The van der Waals surface area contributed by atoms with Crippen molar-refractivity contribution in [1.29, 1.82) is 0 Å². The molecule has 2 aliphatic rings. The van der Waals surface area contributed by atoms with Gasteiger partial charge in [-0.3, -0.25) is 9.79 Å². The molecule has 10 heteroatoms. The number of hydrogen-bond donors (Lipinski definition) is 1. The van der Waals surface area contributed by atoms with Crippen molar-refractivity contribution in [2.45, 2.75) is 25.0 Å². The molecule has 2 aliphatic heterocycles. The fraction of sp³-hybridized carbons (Fsp3) is 0.375. The van der Waals surface area contributed by atoms with Crippen LogP contribution in [0, 0.1) is 11.6 Å². The summed E-state index contributed by atoms with van der Waals surface area (Å²) in [5.41, 5.74) is 5.46. The number of pyridine rings is 1. The number of aliphatic imine (C=N–C) groups is 1. The normalized spacial score (nSPS) is 21.9. The Morgan fingerprint density at radius 2 is 1.88 bits per heavy atom. The van der Waals surface area contributed by atoms with Gasteiger partial charge in [0.15, 0.2) is 5.60 Å². The van der Waals surface area contributed by atoms with Gasteiger partial charge in [0.25, 0.3) is 5.91 Å². The third-order valence-electron chi connectivity index (χ3n) is 6.15. The highest BCUT2D eigenvalue weighted by atomic mass is 35.5. The summed E-state index contributed by atoms with van der Waals surface area (Å²) in [5.74, 6) is -1.41. The van der Waals surface area contributed by atoms with Crippen LogP contribution in [0.5, 0.6) is 0 Å². The van der Waals surface area contributed by atoms with Gasteiger partial charge < -0.3 is 20.3 Å². The maximum Gasteiger partial charge on any atom is 0.260 e. The number of halogens is 3. The minimum absolute atomic E-state index is 0.131. The van der Waals surface area contributed by atoms with Gasteiger partial charge in [-0.15, -0.1) is 0 Å². The summed E-state index contributed by atoms with van der Waals surface area (Å²) in [6.07, 6.45) is 3.76. The SMILES string of the molecule is CC(OC1(C(=O)N2CCN(C)CC2)C=NC=C(c2ccc(N)nc2)C1)c1c(F)ccc(F)c1Cl. The van der Waals surface area contributed by atoms with Gasteiger partial charge in [0.05, 0.1) is 11.1 Å². The molecule has 2 aromatic rings. The molecule has 1 aromatic carbocycles. The highest BCUT2D eigenvalue weighted by Crippen LogP contribution is 2.38. The molecule has 0 radical (unpaired) electrons. The van der Waals surface area contributed by atoms with Crippen LogP contribution in [0.15, 0.2) is 41.7 Å². The molecule has 1 saturated heterocycles. The third kappa shape index (κ3) is 4.82. The number of likely N-dealkylation sites (N-methyl/N-ethyl adjacent to an activating group) is 1. The van der Waals surface area contributed by atoms with E-state index in [4.69, 9.17) is 22.1 Å². The van der Waals surface area contributed by atoms with E-state index in [1.165, 1.54) is 6.21 Å². The first-order valence-electron chi connectivity index (χ1n) is 10.9. The molecule has 0 aliphatic carbocycles. The second-order valence-corrected chi connectivity index (χ2v) is 8.96. The quantitative estimate of drug-likeness (QED) is 0.647. The average molecular weight is 490 g/mol. The highest BCUT2D eigenvalue weighted by Gasteiger charge is 2.45. The van der Waals surface area contributed by atoms with E-state index in [0.29, 0.717) is 37.6 Å².